The van der Waals surface area contributed by atoms with Gasteiger partial charge in [-0.2, -0.15) is 0 Å². The fourth-order valence-electron chi connectivity index (χ4n) is 2.58. The van der Waals surface area contributed by atoms with Crippen molar-refractivity contribution in [3.63, 3.8) is 0 Å². The molecule has 90 valence electrons. The van der Waals surface area contributed by atoms with E-state index in [0.717, 1.165) is 23.8 Å². The highest BCUT2D eigenvalue weighted by Crippen LogP contribution is 2.25. The number of rotatable bonds is 5. The van der Waals surface area contributed by atoms with Crippen LogP contribution in [0.25, 0.3) is 0 Å². The second-order valence-electron chi connectivity index (χ2n) is 4.97. The van der Waals surface area contributed by atoms with E-state index in [4.69, 9.17) is 10.2 Å². The molecule has 0 aliphatic heterocycles. The van der Waals surface area contributed by atoms with E-state index in [2.05, 4.69) is 18.0 Å². The largest absolute Gasteiger partial charge is 0.468 e. The number of hydrogen-bond donors (Lipinski definition) is 1. The van der Waals surface area contributed by atoms with Crippen molar-refractivity contribution < 1.29 is 4.42 Å². The summed E-state index contributed by atoms with van der Waals surface area (Å²) >= 11 is 0. The maximum absolute atomic E-state index is 5.55. The minimum Gasteiger partial charge on any atom is -0.468 e. The Bertz CT molecular complexity index is 315. The molecule has 0 amide bonds. The maximum atomic E-state index is 5.55. The first kappa shape index (κ1) is 11.7. The van der Waals surface area contributed by atoms with E-state index < -0.39 is 0 Å². The molecule has 0 atom stereocenters. The molecule has 0 radical (unpaired) electrons. The first-order valence-electron chi connectivity index (χ1n) is 6.23. The standard InChI is InChI=1S/C13H22N2O/c1-15(8-11-4-2-3-5-11)9-13-6-12(7-14)10-16-13/h6,10-11H,2-5,7-9,14H2,1H3. The van der Waals surface area contributed by atoms with E-state index >= 15 is 0 Å². The lowest BCUT2D eigenvalue weighted by atomic mass is 10.1. The third-order valence-corrected chi connectivity index (χ3v) is 3.41. The molecule has 0 saturated heterocycles. The van der Waals surface area contributed by atoms with Gasteiger partial charge in [0, 0.05) is 18.7 Å². The van der Waals surface area contributed by atoms with E-state index in [1.165, 1.54) is 32.2 Å². The van der Waals surface area contributed by atoms with Crippen LogP contribution in [0.1, 0.15) is 37.0 Å². The average molecular weight is 222 g/mol. The highest BCUT2D eigenvalue weighted by atomic mass is 16.3. The Morgan fingerprint density at radius 1 is 1.44 bits per heavy atom. The molecular formula is C13H22N2O. The lowest BCUT2D eigenvalue weighted by molar-refractivity contribution is 0.251. The van der Waals surface area contributed by atoms with Gasteiger partial charge in [-0.3, -0.25) is 4.90 Å². The summed E-state index contributed by atoms with van der Waals surface area (Å²) < 4.78 is 5.47. The SMILES string of the molecule is CN(Cc1cc(CN)co1)CC1CCCC1. The summed E-state index contributed by atoms with van der Waals surface area (Å²) in [5.74, 6) is 1.93. The van der Waals surface area contributed by atoms with Crippen molar-refractivity contribution in [2.24, 2.45) is 11.7 Å². The molecule has 1 fully saturated rings. The van der Waals surface area contributed by atoms with Crippen LogP contribution in [0.3, 0.4) is 0 Å². The zero-order valence-electron chi connectivity index (χ0n) is 10.1. The van der Waals surface area contributed by atoms with Crippen LogP contribution < -0.4 is 5.73 Å². The van der Waals surface area contributed by atoms with Gasteiger partial charge in [0.05, 0.1) is 12.8 Å². The summed E-state index contributed by atoms with van der Waals surface area (Å²) in [5, 5.41) is 0. The van der Waals surface area contributed by atoms with Gasteiger partial charge in [0.25, 0.3) is 0 Å². The molecule has 2 N–H and O–H groups in total. The van der Waals surface area contributed by atoms with Crippen LogP contribution in [0.2, 0.25) is 0 Å². The molecule has 16 heavy (non-hydrogen) atoms. The molecule has 0 unspecified atom stereocenters. The molecule has 3 nitrogen and oxygen atoms in total. The number of nitrogens with zero attached hydrogens (tertiary/aromatic N) is 1. The van der Waals surface area contributed by atoms with Gasteiger partial charge < -0.3 is 10.2 Å². The predicted molar refractivity (Wildman–Crippen MR) is 64.9 cm³/mol. The van der Waals surface area contributed by atoms with Crippen LogP contribution in [0.4, 0.5) is 0 Å². The normalized spacial score (nSPS) is 17.4. The van der Waals surface area contributed by atoms with Crippen LogP contribution in [0, 0.1) is 5.92 Å². The zero-order valence-corrected chi connectivity index (χ0v) is 10.1. The van der Waals surface area contributed by atoms with Gasteiger partial charge in [0.2, 0.25) is 0 Å². The highest BCUT2D eigenvalue weighted by Gasteiger charge is 2.17. The fourth-order valence-corrected chi connectivity index (χ4v) is 2.58. The monoisotopic (exact) mass is 222 g/mol. The summed E-state index contributed by atoms with van der Waals surface area (Å²) in [4.78, 5) is 2.36. The van der Waals surface area contributed by atoms with Gasteiger partial charge >= 0.3 is 0 Å². The van der Waals surface area contributed by atoms with E-state index in [9.17, 15) is 0 Å². The molecule has 1 aromatic heterocycles. The van der Waals surface area contributed by atoms with Crippen molar-refractivity contribution in [1.29, 1.82) is 0 Å². The third kappa shape index (κ3) is 3.09. The van der Waals surface area contributed by atoms with Gasteiger partial charge in [0.15, 0.2) is 0 Å². The van der Waals surface area contributed by atoms with Crippen molar-refractivity contribution in [1.82, 2.24) is 4.90 Å². The van der Waals surface area contributed by atoms with Crippen molar-refractivity contribution in [2.75, 3.05) is 13.6 Å². The Labute approximate surface area is 97.6 Å². The lowest BCUT2D eigenvalue weighted by Gasteiger charge is -2.19. The zero-order chi connectivity index (χ0) is 11.4. The summed E-state index contributed by atoms with van der Waals surface area (Å²) in [7, 11) is 2.17. The third-order valence-electron chi connectivity index (χ3n) is 3.41. The molecule has 0 aromatic carbocycles. The topological polar surface area (TPSA) is 42.4 Å². The quantitative estimate of drug-likeness (QED) is 0.831. The Morgan fingerprint density at radius 2 is 2.19 bits per heavy atom. The fraction of sp³-hybridized carbons (Fsp3) is 0.692. The van der Waals surface area contributed by atoms with Crippen molar-refractivity contribution in [3.8, 4) is 0 Å². The molecule has 1 aliphatic rings. The maximum Gasteiger partial charge on any atom is 0.118 e. The van der Waals surface area contributed by atoms with Crippen LogP contribution in [-0.2, 0) is 13.1 Å². The Kier molecular flexibility index (Phi) is 4.02. The van der Waals surface area contributed by atoms with E-state index in [-0.39, 0.29) is 0 Å². The number of hydrogen-bond acceptors (Lipinski definition) is 3. The molecule has 1 aromatic rings. The van der Waals surface area contributed by atoms with Gasteiger partial charge in [-0.25, -0.2) is 0 Å². The lowest BCUT2D eigenvalue weighted by Crippen LogP contribution is -2.23. The highest BCUT2D eigenvalue weighted by molar-refractivity contribution is 5.12. The smallest absolute Gasteiger partial charge is 0.118 e. The van der Waals surface area contributed by atoms with Gasteiger partial charge in [-0.1, -0.05) is 12.8 Å². The first-order chi connectivity index (χ1) is 7.78. The Balaban J connectivity index is 1.79. The second kappa shape index (κ2) is 5.51. The van der Waals surface area contributed by atoms with Crippen molar-refractivity contribution in [2.45, 2.75) is 38.8 Å². The summed E-state index contributed by atoms with van der Waals surface area (Å²) in [6, 6.07) is 2.06. The molecule has 1 heterocycles. The van der Waals surface area contributed by atoms with Gasteiger partial charge in [0.1, 0.15) is 5.76 Å². The van der Waals surface area contributed by atoms with Crippen LogP contribution >= 0.6 is 0 Å². The molecule has 1 saturated carbocycles. The van der Waals surface area contributed by atoms with Crippen LogP contribution in [-0.4, -0.2) is 18.5 Å². The second-order valence-corrected chi connectivity index (χ2v) is 4.97. The van der Waals surface area contributed by atoms with E-state index in [1.54, 1.807) is 6.26 Å². The van der Waals surface area contributed by atoms with Crippen molar-refractivity contribution >= 4 is 0 Å². The van der Waals surface area contributed by atoms with Gasteiger partial charge in [-0.15, -0.1) is 0 Å². The molecule has 0 bridgehead atoms. The Hall–Kier alpha value is -0.800. The summed E-state index contributed by atoms with van der Waals surface area (Å²) in [6.07, 6.45) is 7.39. The molecule has 2 rings (SSSR count). The minimum absolute atomic E-state index is 0.565. The number of nitrogens with two attached hydrogens (primary N) is 1. The molecular weight excluding hydrogens is 200 g/mol. The summed E-state index contributed by atoms with van der Waals surface area (Å²) in [6.45, 7) is 2.66. The molecule has 0 spiro atoms. The summed E-state index contributed by atoms with van der Waals surface area (Å²) in [5.41, 5.74) is 6.64. The van der Waals surface area contributed by atoms with Crippen molar-refractivity contribution in [3.05, 3.63) is 23.7 Å². The molecule has 1 aliphatic carbocycles. The predicted octanol–water partition coefficient (Wildman–Crippen LogP) is 2.36. The number of furan rings is 1. The van der Waals surface area contributed by atoms with Crippen LogP contribution in [0.5, 0.6) is 0 Å². The minimum atomic E-state index is 0.565. The average Bonchev–Trinajstić information content (AvgIpc) is 2.89. The first-order valence-corrected chi connectivity index (χ1v) is 6.23. The van der Waals surface area contributed by atoms with E-state index in [0.29, 0.717) is 6.54 Å². The Morgan fingerprint density at radius 3 is 2.81 bits per heavy atom. The van der Waals surface area contributed by atoms with Gasteiger partial charge in [-0.05, 0) is 31.9 Å². The molecule has 3 heteroatoms. The van der Waals surface area contributed by atoms with Crippen LogP contribution in [0.15, 0.2) is 16.7 Å². The van der Waals surface area contributed by atoms with E-state index in [1.807, 2.05) is 0 Å².